The highest BCUT2D eigenvalue weighted by Gasteiger charge is 2.32. The minimum absolute atomic E-state index is 0.0114. The third-order valence-electron chi connectivity index (χ3n) is 6.87. The second-order valence-electron chi connectivity index (χ2n) is 9.69. The Balaban J connectivity index is 1.31. The second kappa shape index (κ2) is 10.9. The Morgan fingerprint density at radius 1 is 1.03 bits per heavy atom. The standard InChI is InChI=1S/C27H33N3O5/c1-30(2)15-24(26(32)33)29-25(31)17-8-7-9-18(14-17)28-27(34)35-16-23-21-12-5-3-10-19(21)20-11-4-6-13-22(20)23/h3-6,10-13,17-18,23-24H,7-9,14-16H2,1-2H3,(H,28,34)(H,29,31)(H,32,33)/t17-,18+,24-/m0/s1. The summed E-state index contributed by atoms with van der Waals surface area (Å²) in [5, 5.41) is 15.0. The van der Waals surface area contributed by atoms with Crippen LogP contribution in [-0.4, -0.2) is 67.3 Å². The van der Waals surface area contributed by atoms with Crippen molar-refractivity contribution in [1.29, 1.82) is 0 Å². The number of ether oxygens (including phenoxy) is 1. The molecule has 2 aromatic carbocycles. The van der Waals surface area contributed by atoms with Gasteiger partial charge in [-0.1, -0.05) is 55.0 Å². The zero-order valence-corrected chi connectivity index (χ0v) is 20.2. The van der Waals surface area contributed by atoms with E-state index in [9.17, 15) is 19.5 Å². The first-order valence-corrected chi connectivity index (χ1v) is 12.1. The molecule has 0 bridgehead atoms. The Hall–Kier alpha value is -3.39. The number of hydrogen-bond acceptors (Lipinski definition) is 5. The lowest BCUT2D eigenvalue weighted by molar-refractivity contribution is -0.143. The molecule has 3 N–H and O–H groups in total. The van der Waals surface area contributed by atoms with E-state index in [4.69, 9.17) is 4.74 Å². The van der Waals surface area contributed by atoms with Crippen LogP contribution < -0.4 is 10.6 Å². The molecular formula is C27H33N3O5. The average Bonchev–Trinajstić information content (AvgIpc) is 3.16. The topological polar surface area (TPSA) is 108 Å². The van der Waals surface area contributed by atoms with E-state index < -0.39 is 18.1 Å². The van der Waals surface area contributed by atoms with Crippen molar-refractivity contribution in [3.63, 3.8) is 0 Å². The molecule has 2 aliphatic carbocycles. The van der Waals surface area contributed by atoms with Gasteiger partial charge in [-0.25, -0.2) is 9.59 Å². The Bertz CT molecular complexity index is 1040. The monoisotopic (exact) mass is 479 g/mol. The molecule has 0 spiro atoms. The number of benzene rings is 2. The van der Waals surface area contributed by atoms with E-state index in [1.165, 1.54) is 11.1 Å². The van der Waals surface area contributed by atoms with Crippen molar-refractivity contribution in [2.75, 3.05) is 27.2 Å². The van der Waals surface area contributed by atoms with Crippen LogP contribution in [0.5, 0.6) is 0 Å². The second-order valence-corrected chi connectivity index (χ2v) is 9.69. The van der Waals surface area contributed by atoms with Gasteiger partial charge in [0.2, 0.25) is 5.91 Å². The highest BCUT2D eigenvalue weighted by atomic mass is 16.5. The molecule has 0 aromatic heterocycles. The van der Waals surface area contributed by atoms with E-state index >= 15 is 0 Å². The van der Waals surface area contributed by atoms with Gasteiger partial charge < -0.3 is 25.4 Å². The molecule has 4 rings (SSSR count). The highest BCUT2D eigenvalue weighted by molar-refractivity contribution is 5.85. The molecule has 35 heavy (non-hydrogen) atoms. The van der Waals surface area contributed by atoms with Crippen molar-refractivity contribution in [3.8, 4) is 11.1 Å². The number of nitrogens with one attached hydrogen (secondary N) is 2. The van der Waals surface area contributed by atoms with Gasteiger partial charge in [-0.2, -0.15) is 0 Å². The summed E-state index contributed by atoms with van der Waals surface area (Å²) in [4.78, 5) is 38.6. The SMILES string of the molecule is CN(C)C[C@H](NC(=O)[C@H]1CCC[C@@H](NC(=O)OCC2c3ccccc3-c3ccccc32)C1)C(=O)O. The van der Waals surface area contributed by atoms with E-state index in [0.717, 1.165) is 24.0 Å². The lowest BCUT2D eigenvalue weighted by Gasteiger charge is -2.30. The minimum Gasteiger partial charge on any atom is -0.480 e. The molecule has 0 aliphatic heterocycles. The number of likely N-dealkylation sites (N-methyl/N-ethyl adjacent to an activating group) is 1. The number of carbonyl (C=O) groups is 3. The van der Waals surface area contributed by atoms with Crippen LogP contribution >= 0.6 is 0 Å². The first-order valence-electron chi connectivity index (χ1n) is 12.1. The molecule has 1 saturated carbocycles. The molecule has 186 valence electrons. The largest absolute Gasteiger partial charge is 0.480 e. The summed E-state index contributed by atoms with van der Waals surface area (Å²) < 4.78 is 5.64. The third-order valence-corrected chi connectivity index (χ3v) is 6.87. The summed E-state index contributed by atoms with van der Waals surface area (Å²) in [5.41, 5.74) is 4.66. The maximum Gasteiger partial charge on any atom is 0.407 e. The van der Waals surface area contributed by atoms with Crippen molar-refractivity contribution >= 4 is 18.0 Å². The summed E-state index contributed by atoms with van der Waals surface area (Å²) >= 11 is 0. The normalized spacial score (nSPS) is 20.0. The number of hydrogen-bond donors (Lipinski definition) is 3. The van der Waals surface area contributed by atoms with E-state index in [1.807, 2.05) is 24.3 Å². The minimum atomic E-state index is -1.06. The predicted octanol–water partition coefficient (Wildman–Crippen LogP) is 3.21. The Kier molecular flexibility index (Phi) is 7.70. The molecule has 0 heterocycles. The first-order chi connectivity index (χ1) is 16.8. The Labute approximate surface area is 205 Å². The van der Waals surface area contributed by atoms with Gasteiger partial charge in [-0.05, 0) is 55.6 Å². The van der Waals surface area contributed by atoms with Crippen LogP contribution in [0.3, 0.4) is 0 Å². The van der Waals surface area contributed by atoms with Gasteiger partial charge in [-0.15, -0.1) is 0 Å². The number of fused-ring (bicyclic) bond motifs is 3. The molecule has 3 atom stereocenters. The molecule has 1 fully saturated rings. The van der Waals surface area contributed by atoms with Gasteiger partial charge in [0.1, 0.15) is 12.6 Å². The van der Waals surface area contributed by atoms with Gasteiger partial charge in [0.15, 0.2) is 0 Å². The summed E-state index contributed by atoms with van der Waals surface area (Å²) in [7, 11) is 3.52. The Morgan fingerprint density at radius 2 is 1.66 bits per heavy atom. The van der Waals surface area contributed by atoms with E-state index in [0.29, 0.717) is 12.8 Å². The number of carboxylic acids is 1. The molecule has 2 amide bonds. The molecular weight excluding hydrogens is 446 g/mol. The van der Waals surface area contributed by atoms with Gasteiger partial charge >= 0.3 is 12.1 Å². The van der Waals surface area contributed by atoms with Crippen molar-refractivity contribution in [1.82, 2.24) is 15.5 Å². The fourth-order valence-electron chi connectivity index (χ4n) is 5.21. The number of amides is 2. The van der Waals surface area contributed by atoms with Crippen molar-refractivity contribution in [2.24, 2.45) is 5.92 Å². The molecule has 8 nitrogen and oxygen atoms in total. The van der Waals surface area contributed by atoms with Crippen molar-refractivity contribution in [2.45, 2.75) is 43.7 Å². The van der Waals surface area contributed by atoms with Crippen LogP contribution in [0.1, 0.15) is 42.7 Å². The van der Waals surface area contributed by atoms with Gasteiger partial charge in [0.05, 0.1) is 0 Å². The van der Waals surface area contributed by atoms with Crippen LogP contribution in [0.25, 0.3) is 11.1 Å². The number of alkyl carbamates (subject to hydrolysis) is 1. The fourth-order valence-corrected chi connectivity index (χ4v) is 5.21. The van der Waals surface area contributed by atoms with E-state index in [1.54, 1.807) is 19.0 Å². The molecule has 2 aliphatic rings. The molecule has 2 aromatic rings. The molecule has 0 unspecified atom stereocenters. The summed E-state index contributed by atoms with van der Waals surface area (Å²) in [6.45, 7) is 0.455. The summed E-state index contributed by atoms with van der Waals surface area (Å²) in [6.07, 6.45) is 2.17. The lowest BCUT2D eigenvalue weighted by Crippen LogP contribution is -2.50. The van der Waals surface area contributed by atoms with Crippen LogP contribution in [0.15, 0.2) is 48.5 Å². The van der Waals surface area contributed by atoms with E-state index in [2.05, 4.69) is 34.9 Å². The first kappa shape index (κ1) is 24.7. The quantitative estimate of drug-likeness (QED) is 0.537. The fraction of sp³-hybridized carbons (Fsp3) is 0.444. The summed E-state index contributed by atoms with van der Waals surface area (Å²) in [5.74, 6) is -1.69. The predicted molar refractivity (Wildman–Crippen MR) is 132 cm³/mol. The Morgan fingerprint density at radius 3 is 2.26 bits per heavy atom. The van der Waals surface area contributed by atoms with Crippen LogP contribution in [0, 0.1) is 5.92 Å². The number of carbonyl (C=O) groups excluding carboxylic acids is 2. The van der Waals surface area contributed by atoms with Crippen LogP contribution in [-0.2, 0) is 14.3 Å². The zero-order chi connectivity index (χ0) is 24.9. The summed E-state index contributed by atoms with van der Waals surface area (Å²) in [6, 6.07) is 15.2. The molecule has 8 heteroatoms. The highest BCUT2D eigenvalue weighted by Crippen LogP contribution is 2.44. The molecule has 0 saturated heterocycles. The average molecular weight is 480 g/mol. The number of carboxylic acid groups (broad SMARTS) is 1. The maximum atomic E-state index is 12.7. The van der Waals surface area contributed by atoms with Gasteiger partial charge in [-0.3, -0.25) is 4.79 Å². The van der Waals surface area contributed by atoms with Crippen molar-refractivity contribution in [3.05, 3.63) is 59.7 Å². The number of rotatable bonds is 8. The number of aliphatic carboxylic acids is 1. The van der Waals surface area contributed by atoms with Gasteiger partial charge in [0, 0.05) is 24.4 Å². The van der Waals surface area contributed by atoms with E-state index in [-0.39, 0.29) is 36.9 Å². The van der Waals surface area contributed by atoms with Gasteiger partial charge in [0.25, 0.3) is 0 Å². The maximum absolute atomic E-state index is 12.7. The zero-order valence-electron chi connectivity index (χ0n) is 20.2. The third kappa shape index (κ3) is 5.82. The molecule has 0 radical (unpaired) electrons. The van der Waals surface area contributed by atoms with Crippen LogP contribution in [0.4, 0.5) is 4.79 Å². The van der Waals surface area contributed by atoms with Crippen LogP contribution in [0.2, 0.25) is 0 Å². The smallest absolute Gasteiger partial charge is 0.407 e. The number of nitrogens with zero attached hydrogens (tertiary/aromatic N) is 1. The van der Waals surface area contributed by atoms with Crippen molar-refractivity contribution < 1.29 is 24.2 Å². The lowest BCUT2D eigenvalue weighted by atomic mass is 9.85.